The van der Waals surface area contributed by atoms with Gasteiger partial charge in [-0.25, -0.2) is 17.4 Å². The number of benzene rings is 2. The van der Waals surface area contributed by atoms with E-state index in [1.807, 2.05) is 42.9 Å². The van der Waals surface area contributed by atoms with Crippen molar-refractivity contribution in [1.29, 1.82) is 0 Å². The average Bonchev–Trinajstić information content (AvgIpc) is 3.37. The minimum absolute atomic E-state index is 0.189. The van der Waals surface area contributed by atoms with E-state index in [1.54, 1.807) is 57.8 Å². The first-order valence-electron chi connectivity index (χ1n) is 11.0. The molecule has 0 aliphatic heterocycles. The number of methoxy groups -OCH3 is 2. The normalized spacial score (nSPS) is 11.8. The Balaban J connectivity index is 1.93. The molecule has 0 aliphatic rings. The molecule has 35 heavy (non-hydrogen) atoms. The smallest absolute Gasteiger partial charge is 0.270 e. The Morgan fingerprint density at radius 1 is 0.971 bits per heavy atom. The molecule has 0 aliphatic carbocycles. The Morgan fingerprint density at radius 2 is 1.66 bits per heavy atom. The fraction of sp³-hybridized carbons (Fsp3) is 0.192. The number of rotatable bonds is 6. The number of anilines is 1. The van der Waals surface area contributed by atoms with Crippen LogP contribution in [0.3, 0.4) is 0 Å². The highest BCUT2D eigenvalue weighted by atomic mass is 32.2. The molecule has 0 spiro atoms. The number of nitrogens with zero attached hydrogens (tertiary/aromatic N) is 3. The van der Waals surface area contributed by atoms with Gasteiger partial charge in [-0.1, -0.05) is 17.7 Å². The second-order valence-electron chi connectivity index (χ2n) is 8.31. The first-order valence-corrected chi connectivity index (χ1v) is 12.5. The third-order valence-corrected chi connectivity index (χ3v) is 7.95. The predicted octanol–water partition coefficient (Wildman–Crippen LogP) is 4.80. The SMILES string of the molecule is CNc1c(-c2cn(C)c3cc(OC)c(OC)cc23)n(S(=O)(=O)c2ccc(C)cc2)c2ncccc12. The quantitative estimate of drug-likeness (QED) is 0.368. The van der Waals surface area contributed by atoms with E-state index < -0.39 is 10.0 Å². The van der Waals surface area contributed by atoms with E-state index >= 15 is 0 Å². The highest BCUT2D eigenvalue weighted by molar-refractivity contribution is 7.90. The third kappa shape index (κ3) is 3.42. The molecule has 3 heterocycles. The lowest BCUT2D eigenvalue weighted by molar-refractivity contribution is 0.355. The first kappa shape index (κ1) is 22.8. The Hall–Kier alpha value is -3.98. The monoisotopic (exact) mass is 490 g/mol. The standard InChI is InChI=1S/C26H26N4O4S/c1-16-8-10-17(11-9-16)35(31,32)30-25(24(27-2)18-7-6-12-28-26(18)30)20-15-29(3)21-14-23(34-5)22(33-4)13-19(20)21/h6-15,27H,1-5H3. The zero-order valence-corrected chi connectivity index (χ0v) is 21.0. The van der Waals surface area contributed by atoms with E-state index in [2.05, 4.69) is 10.3 Å². The van der Waals surface area contributed by atoms with Crippen molar-refractivity contribution in [3.63, 3.8) is 0 Å². The molecule has 8 nitrogen and oxygen atoms in total. The lowest BCUT2D eigenvalue weighted by Crippen LogP contribution is -2.15. The van der Waals surface area contributed by atoms with Crippen LogP contribution in [0.25, 0.3) is 33.2 Å². The molecular formula is C26H26N4O4S. The Kier molecular flexibility index (Phi) is 5.44. The zero-order valence-electron chi connectivity index (χ0n) is 20.2. The molecule has 180 valence electrons. The second kappa shape index (κ2) is 8.35. The van der Waals surface area contributed by atoms with Crippen molar-refractivity contribution < 1.29 is 17.9 Å². The van der Waals surface area contributed by atoms with E-state index in [0.29, 0.717) is 33.9 Å². The number of hydrogen-bond acceptors (Lipinski definition) is 6. The molecule has 5 aromatic rings. The van der Waals surface area contributed by atoms with Crippen molar-refractivity contribution in [2.24, 2.45) is 7.05 Å². The molecule has 0 saturated heterocycles. The highest BCUT2D eigenvalue weighted by Crippen LogP contribution is 2.44. The summed E-state index contributed by atoms with van der Waals surface area (Å²) in [7, 11) is 2.87. The van der Waals surface area contributed by atoms with E-state index in [9.17, 15) is 8.42 Å². The average molecular weight is 491 g/mol. The van der Waals surface area contributed by atoms with Crippen LogP contribution in [0.1, 0.15) is 5.56 Å². The van der Waals surface area contributed by atoms with Gasteiger partial charge in [0.25, 0.3) is 10.0 Å². The summed E-state index contributed by atoms with van der Waals surface area (Å²) in [5, 5.41) is 4.76. The fourth-order valence-electron chi connectivity index (χ4n) is 4.53. The molecule has 2 aromatic carbocycles. The van der Waals surface area contributed by atoms with Gasteiger partial charge in [0.15, 0.2) is 17.1 Å². The summed E-state index contributed by atoms with van der Waals surface area (Å²) in [6, 6.07) is 14.3. The first-order chi connectivity index (χ1) is 16.8. The summed E-state index contributed by atoms with van der Waals surface area (Å²) in [6.07, 6.45) is 3.52. The van der Waals surface area contributed by atoms with Gasteiger partial charge in [0, 0.05) is 48.9 Å². The van der Waals surface area contributed by atoms with E-state index in [1.165, 1.54) is 3.97 Å². The summed E-state index contributed by atoms with van der Waals surface area (Å²) < 4.78 is 42.5. The van der Waals surface area contributed by atoms with Gasteiger partial charge >= 0.3 is 0 Å². The van der Waals surface area contributed by atoms with Gasteiger partial charge in [-0.3, -0.25) is 0 Å². The number of aromatic nitrogens is 3. The molecule has 0 bridgehead atoms. The number of aryl methyl sites for hydroxylation is 2. The largest absolute Gasteiger partial charge is 0.493 e. The lowest BCUT2D eigenvalue weighted by atomic mass is 10.1. The number of fused-ring (bicyclic) bond motifs is 2. The summed E-state index contributed by atoms with van der Waals surface area (Å²) in [6.45, 7) is 1.92. The molecule has 0 fully saturated rings. The van der Waals surface area contributed by atoms with Crippen molar-refractivity contribution in [3.8, 4) is 22.8 Å². The molecular weight excluding hydrogens is 464 g/mol. The van der Waals surface area contributed by atoms with Gasteiger partial charge in [-0.05, 0) is 37.3 Å². The van der Waals surface area contributed by atoms with Crippen molar-refractivity contribution in [3.05, 3.63) is 66.5 Å². The Labute approximate surface area is 203 Å². The lowest BCUT2D eigenvalue weighted by Gasteiger charge is -2.13. The molecule has 0 amide bonds. The number of ether oxygens (including phenoxy) is 2. The van der Waals surface area contributed by atoms with Crippen LogP contribution in [-0.4, -0.2) is 43.2 Å². The third-order valence-electron chi connectivity index (χ3n) is 6.25. The Morgan fingerprint density at radius 3 is 2.31 bits per heavy atom. The predicted molar refractivity (Wildman–Crippen MR) is 138 cm³/mol. The fourth-order valence-corrected chi connectivity index (χ4v) is 6.03. The van der Waals surface area contributed by atoms with Crippen LogP contribution < -0.4 is 14.8 Å². The minimum Gasteiger partial charge on any atom is -0.493 e. The van der Waals surface area contributed by atoms with Crippen LogP contribution in [0.4, 0.5) is 5.69 Å². The molecule has 5 rings (SSSR count). The van der Waals surface area contributed by atoms with Crippen LogP contribution in [0.2, 0.25) is 0 Å². The van der Waals surface area contributed by atoms with Gasteiger partial charge in [-0.2, -0.15) is 0 Å². The zero-order chi connectivity index (χ0) is 24.9. The highest BCUT2D eigenvalue weighted by Gasteiger charge is 2.30. The maximum absolute atomic E-state index is 14.1. The Bertz CT molecular complexity index is 1680. The topological polar surface area (TPSA) is 87.4 Å². The van der Waals surface area contributed by atoms with E-state index in [-0.39, 0.29) is 4.90 Å². The molecule has 3 aromatic heterocycles. The van der Waals surface area contributed by atoms with Crippen LogP contribution in [-0.2, 0) is 17.1 Å². The molecule has 0 atom stereocenters. The maximum atomic E-state index is 14.1. The number of pyridine rings is 1. The molecule has 9 heteroatoms. The van der Waals surface area contributed by atoms with Gasteiger partial charge < -0.3 is 19.4 Å². The number of nitrogens with one attached hydrogen (secondary N) is 1. The van der Waals surface area contributed by atoms with Crippen LogP contribution >= 0.6 is 0 Å². The van der Waals surface area contributed by atoms with Gasteiger partial charge in [-0.15, -0.1) is 0 Å². The van der Waals surface area contributed by atoms with Crippen LogP contribution in [0.15, 0.2) is 65.8 Å². The summed E-state index contributed by atoms with van der Waals surface area (Å²) in [5.74, 6) is 1.15. The summed E-state index contributed by atoms with van der Waals surface area (Å²) in [4.78, 5) is 4.67. The van der Waals surface area contributed by atoms with Gasteiger partial charge in [0.1, 0.15) is 0 Å². The molecule has 1 N–H and O–H groups in total. The van der Waals surface area contributed by atoms with Crippen LogP contribution in [0.5, 0.6) is 11.5 Å². The van der Waals surface area contributed by atoms with Crippen molar-refractivity contribution in [1.82, 2.24) is 13.5 Å². The molecule has 0 unspecified atom stereocenters. The van der Waals surface area contributed by atoms with Gasteiger partial charge in [0.05, 0.1) is 36.0 Å². The second-order valence-corrected chi connectivity index (χ2v) is 10.1. The maximum Gasteiger partial charge on any atom is 0.270 e. The summed E-state index contributed by atoms with van der Waals surface area (Å²) in [5.41, 5.74) is 4.10. The number of hydrogen-bond donors (Lipinski definition) is 1. The van der Waals surface area contributed by atoms with E-state index in [4.69, 9.17) is 9.47 Å². The molecule has 0 radical (unpaired) electrons. The van der Waals surface area contributed by atoms with E-state index in [0.717, 1.165) is 22.0 Å². The summed E-state index contributed by atoms with van der Waals surface area (Å²) >= 11 is 0. The molecule has 0 saturated carbocycles. The van der Waals surface area contributed by atoms with Crippen LogP contribution in [0, 0.1) is 6.92 Å². The van der Waals surface area contributed by atoms with Crippen molar-refractivity contribution in [2.45, 2.75) is 11.8 Å². The minimum atomic E-state index is -3.99. The van der Waals surface area contributed by atoms with Crippen molar-refractivity contribution >= 4 is 37.6 Å². The van der Waals surface area contributed by atoms with Crippen molar-refractivity contribution in [2.75, 3.05) is 26.6 Å². The van der Waals surface area contributed by atoms with Gasteiger partial charge in [0.2, 0.25) is 0 Å².